The molecule has 0 N–H and O–H groups in total. The number of likely N-dealkylation sites (N-methyl/N-ethyl adjacent to an activating group) is 1. The Balaban J connectivity index is 3.92. The molecule has 0 heterocycles. The van der Waals surface area contributed by atoms with Gasteiger partial charge >= 0.3 is 11.9 Å². The second kappa shape index (κ2) is 75.9. The van der Waals surface area contributed by atoms with Crippen molar-refractivity contribution in [3.63, 3.8) is 0 Å². The Hall–Kier alpha value is -3.33. The molecule has 0 saturated heterocycles. The monoisotopic (exact) mass is 1360 g/mol. The molecule has 0 aliphatic rings. The zero-order valence-electron chi connectivity index (χ0n) is 63.6. The van der Waals surface area contributed by atoms with Crippen LogP contribution in [0.1, 0.15) is 373 Å². The minimum absolute atomic E-state index is 0.0309. The van der Waals surface area contributed by atoms with E-state index in [0.717, 1.165) is 96.3 Å². The van der Waals surface area contributed by atoms with Gasteiger partial charge in [-0.15, -0.1) is 0 Å². The van der Waals surface area contributed by atoms with Gasteiger partial charge in [0, 0.05) is 12.8 Å². The first-order chi connectivity index (χ1) is 47.0. The summed E-state index contributed by atoms with van der Waals surface area (Å²) in [5.74, 6) is -0.816. The molecule has 556 valence electrons. The minimum atomic E-state index is -4.65. The first-order valence-corrected chi connectivity index (χ1v) is 42.1. The van der Waals surface area contributed by atoms with E-state index in [1.54, 1.807) is 0 Å². The van der Waals surface area contributed by atoms with Crippen LogP contribution in [-0.2, 0) is 32.7 Å². The molecule has 0 aliphatic carbocycles. The summed E-state index contributed by atoms with van der Waals surface area (Å²) >= 11 is 0. The van der Waals surface area contributed by atoms with Crippen molar-refractivity contribution in [2.75, 3.05) is 47.5 Å². The van der Waals surface area contributed by atoms with Crippen molar-refractivity contribution in [2.45, 2.75) is 380 Å². The van der Waals surface area contributed by atoms with E-state index in [-0.39, 0.29) is 32.0 Å². The molecule has 0 rings (SSSR count). The second-order valence-electron chi connectivity index (χ2n) is 28.4. The number of unbranched alkanes of at least 4 members (excludes halogenated alkanes) is 43. The van der Waals surface area contributed by atoms with Gasteiger partial charge in [0.1, 0.15) is 19.8 Å². The number of esters is 2. The van der Waals surface area contributed by atoms with E-state index in [1.165, 1.54) is 244 Å². The van der Waals surface area contributed by atoms with Gasteiger partial charge in [-0.2, -0.15) is 0 Å². The zero-order valence-corrected chi connectivity index (χ0v) is 64.5. The van der Waals surface area contributed by atoms with Gasteiger partial charge < -0.3 is 27.9 Å². The van der Waals surface area contributed by atoms with Gasteiger partial charge in [0.2, 0.25) is 0 Å². The molecule has 0 aromatic carbocycles. The number of quaternary nitrogens is 1. The highest BCUT2D eigenvalue weighted by molar-refractivity contribution is 7.45. The van der Waals surface area contributed by atoms with E-state index in [9.17, 15) is 19.0 Å². The van der Waals surface area contributed by atoms with E-state index in [1.807, 2.05) is 21.1 Å². The van der Waals surface area contributed by atoms with Gasteiger partial charge in [-0.25, -0.2) is 0 Å². The maximum Gasteiger partial charge on any atom is 0.306 e. The van der Waals surface area contributed by atoms with Crippen molar-refractivity contribution < 1.29 is 42.1 Å². The average Bonchev–Trinajstić information content (AvgIpc) is 2.74. The normalized spacial score (nSPS) is 13.6. The summed E-state index contributed by atoms with van der Waals surface area (Å²) < 4.78 is 34.4. The van der Waals surface area contributed by atoms with E-state index < -0.39 is 26.5 Å². The third-order valence-electron chi connectivity index (χ3n) is 17.8. The van der Waals surface area contributed by atoms with Crippen LogP contribution in [0, 0.1) is 0 Å². The Labute approximate surface area is 595 Å². The van der Waals surface area contributed by atoms with Crippen LogP contribution < -0.4 is 4.89 Å². The van der Waals surface area contributed by atoms with Gasteiger partial charge in [-0.1, -0.05) is 374 Å². The summed E-state index contributed by atoms with van der Waals surface area (Å²) in [5.41, 5.74) is 0. The lowest BCUT2D eigenvalue weighted by atomic mass is 10.0. The lowest BCUT2D eigenvalue weighted by molar-refractivity contribution is -0.870. The van der Waals surface area contributed by atoms with Crippen molar-refractivity contribution in [1.29, 1.82) is 0 Å². The van der Waals surface area contributed by atoms with Crippen molar-refractivity contribution in [3.05, 3.63) is 109 Å². The number of carbonyl (C=O) groups excluding carboxylic acids is 2. The van der Waals surface area contributed by atoms with Crippen LogP contribution in [0.25, 0.3) is 0 Å². The second-order valence-corrected chi connectivity index (χ2v) is 29.8. The lowest BCUT2D eigenvalue weighted by Gasteiger charge is -2.28. The van der Waals surface area contributed by atoms with E-state index in [2.05, 4.69) is 123 Å². The SMILES string of the molecule is CC/C=C\C/C=C\C/C=C\C/C=C\C/C=C\CCCCCCCCCCCCCCCCCCCCCC(=O)OC(COC(=O)CCCCCCCCCCCCCCCCCCCCCCCCCC/C=C\C/C=C\C/C=C\C/C=C\CC)COP(=O)([O-])OCC[N+](C)(C)C. The van der Waals surface area contributed by atoms with E-state index in [4.69, 9.17) is 18.5 Å². The van der Waals surface area contributed by atoms with Crippen LogP contribution in [0.3, 0.4) is 0 Å². The number of nitrogens with zero attached hydrogens (tertiary/aromatic N) is 1. The molecule has 9 nitrogen and oxygen atoms in total. The fourth-order valence-corrected chi connectivity index (χ4v) is 12.4. The summed E-state index contributed by atoms with van der Waals surface area (Å²) in [6.45, 7) is 4.07. The maximum atomic E-state index is 12.9. The van der Waals surface area contributed by atoms with Crippen LogP contribution in [0.4, 0.5) is 0 Å². The predicted octanol–water partition coefficient (Wildman–Crippen LogP) is 26.5. The molecule has 0 bridgehead atoms. The van der Waals surface area contributed by atoms with Gasteiger partial charge in [0.15, 0.2) is 6.10 Å². The fraction of sp³-hybridized carbons (Fsp3) is 0.767. The third-order valence-corrected chi connectivity index (χ3v) is 18.8. The largest absolute Gasteiger partial charge is 0.756 e. The Morgan fingerprint density at radius 2 is 0.562 bits per heavy atom. The van der Waals surface area contributed by atoms with Gasteiger partial charge in [0.25, 0.3) is 7.82 Å². The fourth-order valence-electron chi connectivity index (χ4n) is 11.7. The Morgan fingerprint density at radius 1 is 0.323 bits per heavy atom. The van der Waals surface area contributed by atoms with Crippen molar-refractivity contribution in [2.24, 2.45) is 0 Å². The molecular weight excluding hydrogens is 1210 g/mol. The standard InChI is InChI=1S/C86H154NO8P/c1-6-8-10-12-14-16-18-20-22-24-26-28-30-32-34-36-38-40-42-43-45-46-48-50-52-54-56-58-60-62-64-66-68-70-72-74-76-78-85(88)92-82-84(83-94-96(90,91)93-81-80-87(3,4)5)95-86(89)79-77-75-73-71-69-67-65-63-61-59-57-55-53-51-49-47-44-41-39-37-35-33-31-29-27-25-23-21-19-17-15-13-11-9-7-2/h8-11,14-17,20-23,26-29,33,35,84H,6-7,12-13,18-19,24-25,30-32,34,36-83H2,1-5H3/b10-8-,11-9-,16-14-,17-15-,22-20-,23-21-,28-26-,29-27-,35-33-. The lowest BCUT2D eigenvalue weighted by Crippen LogP contribution is -2.37. The Kier molecular flexibility index (Phi) is 73.2. The molecule has 10 heteroatoms. The summed E-state index contributed by atoms with van der Waals surface area (Å²) in [4.78, 5) is 38.2. The number of phosphoric ester groups is 1. The van der Waals surface area contributed by atoms with E-state index >= 15 is 0 Å². The molecule has 0 spiro atoms. The molecule has 0 radical (unpaired) electrons. The van der Waals surface area contributed by atoms with Crippen molar-refractivity contribution >= 4 is 19.8 Å². The number of phosphoric acid groups is 1. The first-order valence-electron chi connectivity index (χ1n) is 40.6. The topological polar surface area (TPSA) is 111 Å². The molecular formula is C86H154NO8P. The highest BCUT2D eigenvalue weighted by Crippen LogP contribution is 2.38. The average molecular weight is 1360 g/mol. The summed E-state index contributed by atoms with van der Waals surface area (Å²) in [5, 5.41) is 0. The molecule has 2 unspecified atom stereocenters. The van der Waals surface area contributed by atoms with Crippen LogP contribution in [0.15, 0.2) is 109 Å². The third kappa shape index (κ3) is 79.7. The minimum Gasteiger partial charge on any atom is -0.756 e. The number of ether oxygens (including phenoxy) is 2. The number of hydrogen-bond acceptors (Lipinski definition) is 8. The van der Waals surface area contributed by atoms with Gasteiger partial charge in [-0.05, 0) is 96.3 Å². The summed E-state index contributed by atoms with van der Waals surface area (Å²) in [7, 11) is 1.18. The molecule has 0 fully saturated rings. The zero-order chi connectivity index (χ0) is 69.7. The van der Waals surface area contributed by atoms with Crippen LogP contribution in [0.5, 0.6) is 0 Å². The molecule has 0 aromatic rings. The quantitative estimate of drug-likeness (QED) is 0.0195. The molecule has 0 aromatic heterocycles. The molecule has 2 atom stereocenters. The molecule has 96 heavy (non-hydrogen) atoms. The molecule has 0 aliphatic heterocycles. The van der Waals surface area contributed by atoms with Crippen molar-refractivity contribution in [3.8, 4) is 0 Å². The Morgan fingerprint density at radius 3 is 0.833 bits per heavy atom. The van der Waals surface area contributed by atoms with Crippen molar-refractivity contribution in [1.82, 2.24) is 0 Å². The van der Waals surface area contributed by atoms with Gasteiger partial charge in [0.05, 0.1) is 27.7 Å². The number of rotatable bonds is 75. The van der Waals surface area contributed by atoms with E-state index in [0.29, 0.717) is 17.4 Å². The molecule has 0 saturated carbocycles. The van der Waals surface area contributed by atoms with Crippen LogP contribution >= 0.6 is 7.82 Å². The summed E-state index contributed by atoms with van der Waals surface area (Å²) in [6, 6.07) is 0. The first kappa shape index (κ1) is 92.7. The summed E-state index contributed by atoms with van der Waals surface area (Å²) in [6.07, 6.45) is 108. The number of hydrogen-bond donors (Lipinski definition) is 0. The smallest absolute Gasteiger partial charge is 0.306 e. The number of carbonyl (C=O) groups is 2. The predicted molar refractivity (Wildman–Crippen MR) is 415 cm³/mol. The Bertz CT molecular complexity index is 1990. The molecule has 0 amide bonds. The number of allylic oxidation sites excluding steroid dienone is 18. The highest BCUT2D eigenvalue weighted by atomic mass is 31.2. The van der Waals surface area contributed by atoms with Crippen LogP contribution in [0.2, 0.25) is 0 Å². The van der Waals surface area contributed by atoms with Gasteiger partial charge in [-0.3, -0.25) is 14.2 Å². The maximum absolute atomic E-state index is 12.9. The van der Waals surface area contributed by atoms with Crippen LogP contribution in [-0.4, -0.2) is 70.0 Å². The highest BCUT2D eigenvalue weighted by Gasteiger charge is 2.22.